The third-order valence-corrected chi connectivity index (χ3v) is 6.11. The fourth-order valence-corrected chi connectivity index (χ4v) is 4.54. The first kappa shape index (κ1) is 21.2. The van der Waals surface area contributed by atoms with Crippen LogP contribution in [0.25, 0.3) is 0 Å². The number of nitrogens with one attached hydrogen (secondary N) is 1. The molecule has 5 nitrogen and oxygen atoms in total. The quantitative estimate of drug-likeness (QED) is 0.590. The smallest absolute Gasteiger partial charge is 0.118 e. The average molecular weight is 419 g/mol. The van der Waals surface area contributed by atoms with Crippen molar-refractivity contribution in [2.24, 2.45) is 0 Å². The highest BCUT2D eigenvalue weighted by Crippen LogP contribution is 2.44. The van der Waals surface area contributed by atoms with Gasteiger partial charge >= 0.3 is 0 Å². The maximum Gasteiger partial charge on any atom is 0.118 e. The molecule has 0 radical (unpaired) electrons. The number of ether oxygens (including phenoxy) is 3. The Morgan fingerprint density at radius 3 is 1.19 bits per heavy atom. The van der Waals surface area contributed by atoms with Crippen molar-refractivity contribution in [3.63, 3.8) is 0 Å². The number of methoxy groups -OCH3 is 3. The summed E-state index contributed by atoms with van der Waals surface area (Å²) in [5, 5.41) is 3.49. The molecule has 1 heterocycles. The van der Waals surface area contributed by atoms with Crippen molar-refractivity contribution < 1.29 is 14.2 Å². The second-order valence-corrected chi connectivity index (χ2v) is 7.63. The Morgan fingerprint density at radius 2 is 0.903 bits per heavy atom. The molecule has 1 aliphatic rings. The van der Waals surface area contributed by atoms with Crippen molar-refractivity contribution in [3.05, 3.63) is 89.5 Å². The van der Waals surface area contributed by atoms with E-state index in [4.69, 9.17) is 14.2 Å². The predicted octanol–water partition coefficient (Wildman–Crippen LogP) is 3.91. The number of benzene rings is 3. The van der Waals surface area contributed by atoms with E-state index in [1.165, 1.54) is 16.7 Å². The zero-order valence-electron chi connectivity index (χ0n) is 18.4. The monoisotopic (exact) mass is 418 g/mol. The molecule has 1 fully saturated rings. The Balaban J connectivity index is 1.97. The van der Waals surface area contributed by atoms with Crippen molar-refractivity contribution >= 4 is 0 Å². The second kappa shape index (κ2) is 9.41. The van der Waals surface area contributed by atoms with Crippen LogP contribution >= 0.6 is 0 Å². The number of piperazine rings is 1. The SMILES string of the molecule is COc1ccc(C(c2ccc(OC)cc2)(c2ccc(OC)cc2)N2CCNCC2)cc1. The molecule has 3 aromatic carbocycles. The van der Waals surface area contributed by atoms with E-state index in [1.807, 2.05) is 36.4 Å². The summed E-state index contributed by atoms with van der Waals surface area (Å²) in [6.45, 7) is 3.77. The summed E-state index contributed by atoms with van der Waals surface area (Å²) in [6.07, 6.45) is 0. The normalized spacial score (nSPS) is 14.8. The third kappa shape index (κ3) is 3.99. The van der Waals surface area contributed by atoms with E-state index in [-0.39, 0.29) is 0 Å². The van der Waals surface area contributed by atoms with Gasteiger partial charge in [0.05, 0.1) is 26.9 Å². The standard InChI is InChI=1S/C26H30N2O3/c1-29-23-10-4-20(5-11-23)26(28-18-16-27-17-19-28,21-6-12-24(30-2)13-7-21)22-8-14-25(31-3)15-9-22/h4-15,27H,16-19H2,1-3H3. The topological polar surface area (TPSA) is 43.0 Å². The average Bonchev–Trinajstić information content (AvgIpc) is 2.86. The van der Waals surface area contributed by atoms with Gasteiger partial charge in [0.15, 0.2) is 0 Å². The van der Waals surface area contributed by atoms with Crippen molar-refractivity contribution in [2.45, 2.75) is 5.54 Å². The summed E-state index contributed by atoms with van der Waals surface area (Å²) >= 11 is 0. The Morgan fingerprint density at radius 1 is 0.581 bits per heavy atom. The molecule has 0 atom stereocenters. The molecular weight excluding hydrogens is 388 g/mol. The summed E-state index contributed by atoms with van der Waals surface area (Å²) in [5.74, 6) is 2.55. The fraction of sp³-hybridized carbons (Fsp3) is 0.308. The van der Waals surface area contributed by atoms with Crippen LogP contribution < -0.4 is 19.5 Å². The Hall–Kier alpha value is -3.02. The lowest BCUT2D eigenvalue weighted by atomic mass is 9.75. The molecule has 4 rings (SSSR count). The highest BCUT2D eigenvalue weighted by molar-refractivity contribution is 5.52. The molecule has 0 aromatic heterocycles. The first-order valence-electron chi connectivity index (χ1n) is 10.6. The van der Waals surface area contributed by atoms with E-state index < -0.39 is 5.54 Å². The van der Waals surface area contributed by atoms with E-state index in [9.17, 15) is 0 Å². The van der Waals surface area contributed by atoms with E-state index in [0.29, 0.717) is 0 Å². The number of hydrogen-bond donors (Lipinski definition) is 1. The molecule has 1 N–H and O–H groups in total. The molecule has 31 heavy (non-hydrogen) atoms. The van der Waals surface area contributed by atoms with Crippen LogP contribution in [0.2, 0.25) is 0 Å². The second-order valence-electron chi connectivity index (χ2n) is 7.63. The van der Waals surface area contributed by atoms with E-state index in [0.717, 1.165) is 43.4 Å². The minimum absolute atomic E-state index is 0.451. The highest BCUT2D eigenvalue weighted by Gasteiger charge is 2.42. The zero-order valence-corrected chi connectivity index (χ0v) is 18.4. The summed E-state index contributed by atoms with van der Waals surface area (Å²) in [6, 6.07) is 25.3. The van der Waals surface area contributed by atoms with Crippen molar-refractivity contribution in [2.75, 3.05) is 47.5 Å². The van der Waals surface area contributed by atoms with Crippen LogP contribution in [0.3, 0.4) is 0 Å². The lowest BCUT2D eigenvalue weighted by molar-refractivity contribution is 0.137. The van der Waals surface area contributed by atoms with Gasteiger partial charge in [-0.15, -0.1) is 0 Å². The number of nitrogens with zero attached hydrogens (tertiary/aromatic N) is 1. The molecule has 0 bridgehead atoms. The van der Waals surface area contributed by atoms with E-state index in [1.54, 1.807) is 21.3 Å². The first-order valence-corrected chi connectivity index (χ1v) is 10.6. The summed E-state index contributed by atoms with van der Waals surface area (Å²) in [7, 11) is 5.10. The lowest BCUT2D eigenvalue weighted by Gasteiger charge is -2.47. The highest BCUT2D eigenvalue weighted by atomic mass is 16.5. The van der Waals surface area contributed by atoms with Gasteiger partial charge in [0.25, 0.3) is 0 Å². The van der Waals surface area contributed by atoms with Crippen LogP contribution in [0.5, 0.6) is 17.2 Å². The van der Waals surface area contributed by atoms with E-state index >= 15 is 0 Å². The molecule has 0 amide bonds. The van der Waals surface area contributed by atoms with Crippen LogP contribution in [0, 0.1) is 0 Å². The van der Waals surface area contributed by atoms with E-state index in [2.05, 4.69) is 46.6 Å². The van der Waals surface area contributed by atoms with Gasteiger partial charge in [-0.1, -0.05) is 36.4 Å². The van der Waals surface area contributed by atoms with Crippen LogP contribution in [-0.2, 0) is 5.54 Å². The third-order valence-electron chi connectivity index (χ3n) is 6.11. The van der Waals surface area contributed by atoms with Gasteiger partial charge in [-0.3, -0.25) is 4.90 Å². The van der Waals surface area contributed by atoms with Gasteiger partial charge in [-0.05, 0) is 53.1 Å². The number of hydrogen-bond acceptors (Lipinski definition) is 5. The zero-order chi connectivity index (χ0) is 21.7. The molecule has 162 valence electrons. The molecule has 1 aliphatic heterocycles. The van der Waals surface area contributed by atoms with Gasteiger partial charge in [0.1, 0.15) is 17.2 Å². The maximum atomic E-state index is 5.44. The lowest BCUT2D eigenvalue weighted by Crippen LogP contribution is -2.55. The summed E-state index contributed by atoms with van der Waals surface area (Å²) < 4.78 is 16.3. The predicted molar refractivity (Wildman–Crippen MR) is 123 cm³/mol. The Kier molecular flexibility index (Phi) is 6.44. The molecule has 5 heteroatoms. The molecule has 0 spiro atoms. The van der Waals surface area contributed by atoms with Crippen LogP contribution in [0.15, 0.2) is 72.8 Å². The van der Waals surface area contributed by atoms with Gasteiger partial charge in [-0.25, -0.2) is 0 Å². The largest absolute Gasteiger partial charge is 0.497 e. The summed E-state index contributed by atoms with van der Waals surface area (Å²) in [5.41, 5.74) is 3.15. The molecule has 1 saturated heterocycles. The molecule has 3 aromatic rings. The Labute approximate surface area is 184 Å². The van der Waals surface area contributed by atoms with Crippen LogP contribution in [0.4, 0.5) is 0 Å². The fourth-order valence-electron chi connectivity index (χ4n) is 4.54. The minimum atomic E-state index is -0.451. The van der Waals surface area contributed by atoms with Crippen LogP contribution in [-0.4, -0.2) is 52.4 Å². The van der Waals surface area contributed by atoms with Crippen molar-refractivity contribution in [3.8, 4) is 17.2 Å². The molecular formula is C26H30N2O3. The molecule has 0 saturated carbocycles. The maximum absolute atomic E-state index is 5.44. The Bertz CT molecular complexity index is 847. The summed E-state index contributed by atoms with van der Waals surface area (Å²) in [4.78, 5) is 2.56. The van der Waals surface area contributed by atoms with Crippen LogP contribution in [0.1, 0.15) is 16.7 Å². The molecule has 0 aliphatic carbocycles. The number of rotatable bonds is 7. The molecule has 0 unspecified atom stereocenters. The first-order chi connectivity index (χ1) is 15.2. The minimum Gasteiger partial charge on any atom is -0.497 e. The van der Waals surface area contributed by atoms with Gasteiger partial charge < -0.3 is 19.5 Å². The van der Waals surface area contributed by atoms with Gasteiger partial charge in [0, 0.05) is 26.2 Å². The van der Waals surface area contributed by atoms with Gasteiger partial charge in [-0.2, -0.15) is 0 Å². The van der Waals surface area contributed by atoms with Crippen molar-refractivity contribution in [1.82, 2.24) is 10.2 Å². The van der Waals surface area contributed by atoms with Crippen molar-refractivity contribution in [1.29, 1.82) is 0 Å². The van der Waals surface area contributed by atoms with Gasteiger partial charge in [0.2, 0.25) is 0 Å².